The van der Waals surface area contributed by atoms with Crippen molar-refractivity contribution in [2.45, 2.75) is 26.2 Å². The van der Waals surface area contributed by atoms with E-state index >= 15 is 0 Å². The molecule has 2 fully saturated rings. The Balaban J connectivity index is 1.51. The topological polar surface area (TPSA) is 60.9 Å². The van der Waals surface area contributed by atoms with E-state index in [-0.39, 0.29) is 24.3 Å². The van der Waals surface area contributed by atoms with Crippen molar-refractivity contribution >= 4 is 17.7 Å². The first-order valence-electron chi connectivity index (χ1n) is 8.96. The van der Waals surface area contributed by atoms with Crippen molar-refractivity contribution in [2.75, 3.05) is 39.3 Å². The van der Waals surface area contributed by atoms with E-state index < -0.39 is 0 Å². The number of piperazine rings is 1. The molecule has 2 saturated heterocycles. The number of aryl methyl sites for hydroxylation is 1. The van der Waals surface area contributed by atoms with Crippen LogP contribution in [0.25, 0.3) is 0 Å². The minimum absolute atomic E-state index is 0.0123. The SMILES string of the molecule is Cc1ccc(C(=O)N2CCN(C(=O)CN3CCCCC3=O)CC2)cc1. The van der Waals surface area contributed by atoms with Gasteiger partial charge in [-0.15, -0.1) is 0 Å². The van der Waals surface area contributed by atoms with Crippen molar-refractivity contribution in [1.29, 1.82) is 0 Å². The molecule has 134 valence electrons. The zero-order chi connectivity index (χ0) is 17.8. The molecule has 6 heteroatoms. The summed E-state index contributed by atoms with van der Waals surface area (Å²) < 4.78 is 0. The van der Waals surface area contributed by atoms with E-state index in [1.165, 1.54) is 0 Å². The van der Waals surface area contributed by atoms with Crippen LogP contribution >= 0.6 is 0 Å². The van der Waals surface area contributed by atoms with Crippen molar-refractivity contribution in [1.82, 2.24) is 14.7 Å². The maximum atomic E-state index is 12.5. The molecular formula is C19H25N3O3. The maximum Gasteiger partial charge on any atom is 0.253 e. The summed E-state index contributed by atoms with van der Waals surface area (Å²) in [5.41, 5.74) is 1.81. The van der Waals surface area contributed by atoms with Crippen molar-refractivity contribution in [3.63, 3.8) is 0 Å². The summed E-state index contributed by atoms with van der Waals surface area (Å²) in [6.07, 6.45) is 2.44. The standard InChI is InChI=1S/C19H25N3O3/c1-15-5-7-16(8-6-15)19(25)21-12-10-20(11-13-21)18(24)14-22-9-3-2-4-17(22)23/h5-8H,2-4,9-14H2,1H3. The summed E-state index contributed by atoms with van der Waals surface area (Å²) in [5, 5.41) is 0. The lowest BCUT2D eigenvalue weighted by molar-refractivity contribution is -0.142. The molecule has 2 aliphatic rings. The van der Waals surface area contributed by atoms with Gasteiger partial charge in [-0.1, -0.05) is 17.7 Å². The first-order chi connectivity index (χ1) is 12.0. The molecule has 6 nitrogen and oxygen atoms in total. The van der Waals surface area contributed by atoms with Crippen molar-refractivity contribution in [3.05, 3.63) is 35.4 Å². The highest BCUT2D eigenvalue weighted by atomic mass is 16.2. The molecule has 0 bridgehead atoms. The third-order valence-corrected chi connectivity index (χ3v) is 4.97. The molecule has 0 unspecified atom stereocenters. The van der Waals surface area contributed by atoms with E-state index in [0.29, 0.717) is 44.7 Å². The molecule has 0 N–H and O–H groups in total. The molecule has 3 amide bonds. The average molecular weight is 343 g/mol. The van der Waals surface area contributed by atoms with Crippen LogP contribution in [0.5, 0.6) is 0 Å². The zero-order valence-electron chi connectivity index (χ0n) is 14.7. The Labute approximate surface area is 148 Å². The molecule has 0 aliphatic carbocycles. The predicted octanol–water partition coefficient (Wildman–Crippen LogP) is 1.29. The predicted molar refractivity (Wildman–Crippen MR) is 94.1 cm³/mol. The fourth-order valence-electron chi connectivity index (χ4n) is 3.33. The molecular weight excluding hydrogens is 318 g/mol. The highest BCUT2D eigenvalue weighted by molar-refractivity contribution is 5.94. The van der Waals surface area contributed by atoms with Gasteiger partial charge in [0.05, 0.1) is 6.54 Å². The van der Waals surface area contributed by atoms with E-state index in [1.54, 1.807) is 14.7 Å². The van der Waals surface area contributed by atoms with Gasteiger partial charge in [0.25, 0.3) is 5.91 Å². The third kappa shape index (κ3) is 4.18. The molecule has 3 rings (SSSR count). The van der Waals surface area contributed by atoms with E-state index in [9.17, 15) is 14.4 Å². The average Bonchev–Trinajstić information content (AvgIpc) is 2.64. The van der Waals surface area contributed by atoms with Gasteiger partial charge in [0.1, 0.15) is 0 Å². The van der Waals surface area contributed by atoms with Gasteiger partial charge >= 0.3 is 0 Å². The number of carbonyl (C=O) groups is 3. The van der Waals surface area contributed by atoms with Crippen LogP contribution in [-0.2, 0) is 9.59 Å². The van der Waals surface area contributed by atoms with E-state index in [0.717, 1.165) is 18.4 Å². The Bertz CT molecular complexity index is 648. The quantitative estimate of drug-likeness (QED) is 0.831. The molecule has 2 aliphatic heterocycles. The number of hydrogen-bond donors (Lipinski definition) is 0. The second-order valence-corrected chi connectivity index (χ2v) is 6.81. The van der Waals surface area contributed by atoms with Crippen LogP contribution in [0.1, 0.15) is 35.2 Å². The number of rotatable bonds is 3. The molecule has 1 aromatic carbocycles. The summed E-state index contributed by atoms with van der Waals surface area (Å²) in [5.74, 6) is 0.0729. The van der Waals surface area contributed by atoms with E-state index in [2.05, 4.69) is 0 Å². The molecule has 2 heterocycles. The number of hydrogen-bond acceptors (Lipinski definition) is 3. The minimum Gasteiger partial charge on any atom is -0.338 e. The lowest BCUT2D eigenvalue weighted by Crippen LogP contribution is -2.53. The summed E-state index contributed by atoms with van der Waals surface area (Å²) in [6.45, 7) is 4.96. The van der Waals surface area contributed by atoms with Crippen molar-refractivity contribution < 1.29 is 14.4 Å². The number of benzene rings is 1. The van der Waals surface area contributed by atoms with Gasteiger partial charge in [-0.2, -0.15) is 0 Å². The zero-order valence-corrected chi connectivity index (χ0v) is 14.7. The lowest BCUT2D eigenvalue weighted by atomic mass is 10.1. The molecule has 0 atom stereocenters. The van der Waals surface area contributed by atoms with Gasteiger partial charge in [0.2, 0.25) is 11.8 Å². The van der Waals surface area contributed by atoms with Crippen LogP contribution < -0.4 is 0 Å². The maximum absolute atomic E-state index is 12.5. The summed E-state index contributed by atoms with van der Waals surface area (Å²) >= 11 is 0. The first kappa shape index (κ1) is 17.5. The Morgan fingerprint density at radius 2 is 1.56 bits per heavy atom. The first-order valence-corrected chi connectivity index (χ1v) is 8.96. The minimum atomic E-state index is -0.0160. The number of piperidine rings is 1. The Kier molecular flexibility index (Phi) is 5.36. The van der Waals surface area contributed by atoms with Crippen molar-refractivity contribution in [2.24, 2.45) is 0 Å². The fraction of sp³-hybridized carbons (Fsp3) is 0.526. The largest absolute Gasteiger partial charge is 0.338 e. The summed E-state index contributed by atoms with van der Waals surface area (Å²) in [4.78, 5) is 42.0. The van der Waals surface area contributed by atoms with Crippen LogP contribution in [-0.4, -0.2) is 71.7 Å². The van der Waals surface area contributed by atoms with Crippen LogP contribution in [0.3, 0.4) is 0 Å². The normalized spacial score (nSPS) is 18.4. The second kappa shape index (κ2) is 7.68. The van der Waals surface area contributed by atoms with Crippen LogP contribution in [0.2, 0.25) is 0 Å². The smallest absolute Gasteiger partial charge is 0.253 e. The van der Waals surface area contributed by atoms with Gasteiger partial charge in [-0.3, -0.25) is 14.4 Å². The molecule has 0 saturated carbocycles. The number of nitrogens with zero attached hydrogens (tertiary/aromatic N) is 3. The van der Waals surface area contributed by atoms with Gasteiger partial charge in [0.15, 0.2) is 0 Å². The van der Waals surface area contributed by atoms with Crippen LogP contribution in [0.15, 0.2) is 24.3 Å². The molecule has 0 aromatic heterocycles. The molecule has 1 aromatic rings. The molecule has 25 heavy (non-hydrogen) atoms. The monoisotopic (exact) mass is 343 g/mol. The molecule has 0 radical (unpaired) electrons. The molecule has 0 spiro atoms. The Morgan fingerprint density at radius 3 is 2.20 bits per heavy atom. The fourth-order valence-corrected chi connectivity index (χ4v) is 3.33. The number of amides is 3. The summed E-state index contributed by atoms with van der Waals surface area (Å²) in [7, 11) is 0. The number of carbonyl (C=O) groups excluding carboxylic acids is 3. The van der Waals surface area contributed by atoms with Gasteiger partial charge in [-0.05, 0) is 31.9 Å². The lowest BCUT2D eigenvalue weighted by Gasteiger charge is -2.36. The van der Waals surface area contributed by atoms with Crippen molar-refractivity contribution in [3.8, 4) is 0 Å². The van der Waals surface area contributed by atoms with E-state index in [4.69, 9.17) is 0 Å². The van der Waals surface area contributed by atoms with Crippen LogP contribution in [0.4, 0.5) is 0 Å². The third-order valence-electron chi connectivity index (χ3n) is 4.97. The van der Waals surface area contributed by atoms with Gasteiger partial charge in [0, 0.05) is 44.7 Å². The number of likely N-dealkylation sites (tertiary alicyclic amines) is 1. The van der Waals surface area contributed by atoms with Gasteiger partial charge < -0.3 is 14.7 Å². The Hall–Kier alpha value is -2.37. The second-order valence-electron chi connectivity index (χ2n) is 6.81. The highest BCUT2D eigenvalue weighted by Crippen LogP contribution is 2.13. The van der Waals surface area contributed by atoms with E-state index in [1.807, 2.05) is 31.2 Å². The highest BCUT2D eigenvalue weighted by Gasteiger charge is 2.27. The van der Waals surface area contributed by atoms with Crippen LogP contribution in [0, 0.1) is 6.92 Å². The summed E-state index contributed by atoms with van der Waals surface area (Å²) in [6, 6.07) is 7.56. The Morgan fingerprint density at radius 1 is 0.920 bits per heavy atom. The van der Waals surface area contributed by atoms with Gasteiger partial charge in [-0.25, -0.2) is 0 Å².